The Morgan fingerprint density at radius 3 is 2.55 bits per heavy atom. The monoisotopic (exact) mass is 292 g/mol. The average molecular weight is 292 g/mol. The maximum absolute atomic E-state index is 12.3. The highest BCUT2D eigenvalue weighted by molar-refractivity contribution is 7.92. The summed E-state index contributed by atoms with van der Waals surface area (Å²) in [6.45, 7) is 2.56. The highest BCUT2D eigenvalue weighted by Crippen LogP contribution is 2.18. The fourth-order valence-electron chi connectivity index (χ4n) is 1.76. The lowest BCUT2D eigenvalue weighted by molar-refractivity contribution is 0.601. The van der Waals surface area contributed by atoms with Crippen LogP contribution in [0.1, 0.15) is 11.1 Å². The van der Waals surface area contributed by atoms with Gasteiger partial charge in [-0.05, 0) is 37.2 Å². The lowest BCUT2D eigenvalue weighted by Gasteiger charge is -2.10. The lowest BCUT2D eigenvalue weighted by atomic mass is 10.1. The van der Waals surface area contributed by atoms with Crippen LogP contribution in [0.15, 0.2) is 41.8 Å². The smallest absolute Gasteiger partial charge is 0.262 e. The summed E-state index contributed by atoms with van der Waals surface area (Å²) in [5.41, 5.74) is 2.32. The van der Waals surface area contributed by atoms with Crippen molar-refractivity contribution in [3.8, 4) is 0 Å². The molecule has 0 spiro atoms. The first-order chi connectivity index (χ1) is 9.53. The van der Waals surface area contributed by atoms with Gasteiger partial charge < -0.3 is 5.32 Å². The van der Waals surface area contributed by atoms with Crippen molar-refractivity contribution in [2.75, 3.05) is 11.8 Å². The van der Waals surface area contributed by atoms with E-state index in [-0.39, 0.29) is 4.90 Å². The number of nitrogens with zero attached hydrogens (tertiary/aromatic N) is 2. The van der Waals surface area contributed by atoms with Crippen LogP contribution < -0.4 is 10.0 Å². The van der Waals surface area contributed by atoms with E-state index in [0.717, 1.165) is 11.1 Å². The number of benzene rings is 1. The second-order valence-electron chi connectivity index (χ2n) is 4.35. The van der Waals surface area contributed by atoms with Gasteiger partial charge in [0.15, 0.2) is 0 Å². The van der Waals surface area contributed by atoms with E-state index in [1.54, 1.807) is 18.2 Å². The van der Waals surface area contributed by atoms with Crippen molar-refractivity contribution in [3.63, 3.8) is 0 Å². The summed E-state index contributed by atoms with van der Waals surface area (Å²) in [6.07, 6.45) is 4.16. The van der Waals surface area contributed by atoms with Crippen molar-refractivity contribution >= 4 is 15.7 Å². The fourth-order valence-corrected chi connectivity index (χ4v) is 2.84. The quantitative estimate of drug-likeness (QED) is 0.868. The SMILES string of the molecule is CNCc1cc(S(=O)(=O)Nc2cncnc2)ccc1C. The minimum Gasteiger partial charge on any atom is -0.316 e. The molecule has 1 aromatic carbocycles. The van der Waals surface area contributed by atoms with Gasteiger partial charge in [0.05, 0.1) is 23.0 Å². The highest BCUT2D eigenvalue weighted by Gasteiger charge is 2.15. The summed E-state index contributed by atoms with van der Waals surface area (Å²) in [5, 5.41) is 3.02. The summed E-state index contributed by atoms with van der Waals surface area (Å²) in [5.74, 6) is 0. The molecule has 7 heteroatoms. The van der Waals surface area contributed by atoms with Crippen molar-refractivity contribution in [1.29, 1.82) is 0 Å². The van der Waals surface area contributed by atoms with Gasteiger partial charge in [-0.2, -0.15) is 0 Å². The Hall–Kier alpha value is -1.99. The molecule has 20 heavy (non-hydrogen) atoms. The molecule has 0 radical (unpaired) electrons. The molecule has 106 valence electrons. The molecule has 0 saturated heterocycles. The van der Waals surface area contributed by atoms with Gasteiger partial charge in [-0.25, -0.2) is 18.4 Å². The van der Waals surface area contributed by atoms with Gasteiger partial charge in [-0.1, -0.05) is 6.07 Å². The molecule has 0 fully saturated rings. The Morgan fingerprint density at radius 1 is 1.20 bits per heavy atom. The van der Waals surface area contributed by atoms with Gasteiger partial charge >= 0.3 is 0 Å². The fraction of sp³-hybridized carbons (Fsp3) is 0.231. The van der Waals surface area contributed by atoms with Gasteiger partial charge in [-0.15, -0.1) is 0 Å². The Labute approximate surface area is 118 Å². The molecule has 2 N–H and O–H groups in total. The van der Waals surface area contributed by atoms with Crippen molar-refractivity contribution in [3.05, 3.63) is 48.0 Å². The molecule has 0 unspecified atom stereocenters. The summed E-state index contributed by atoms with van der Waals surface area (Å²) in [7, 11) is -1.81. The Kier molecular flexibility index (Phi) is 4.31. The largest absolute Gasteiger partial charge is 0.316 e. The maximum atomic E-state index is 12.3. The van der Waals surface area contributed by atoms with E-state index in [2.05, 4.69) is 20.0 Å². The molecule has 0 amide bonds. The molecule has 0 aliphatic heterocycles. The van der Waals surface area contributed by atoms with E-state index in [9.17, 15) is 8.42 Å². The molecule has 0 saturated carbocycles. The minimum absolute atomic E-state index is 0.220. The Bertz CT molecular complexity index is 687. The van der Waals surface area contributed by atoms with Gasteiger partial charge in [0.2, 0.25) is 0 Å². The minimum atomic E-state index is -3.63. The zero-order chi connectivity index (χ0) is 14.6. The van der Waals surface area contributed by atoms with Gasteiger partial charge in [0.25, 0.3) is 10.0 Å². The summed E-state index contributed by atoms with van der Waals surface area (Å²) < 4.78 is 27.0. The van der Waals surface area contributed by atoms with E-state index in [1.807, 2.05) is 14.0 Å². The van der Waals surface area contributed by atoms with Crippen LogP contribution in [0.2, 0.25) is 0 Å². The number of aryl methyl sites for hydroxylation is 1. The summed E-state index contributed by atoms with van der Waals surface area (Å²) in [4.78, 5) is 7.77. The van der Waals surface area contributed by atoms with Gasteiger partial charge in [0.1, 0.15) is 6.33 Å². The van der Waals surface area contributed by atoms with Crippen LogP contribution in [0.25, 0.3) is 0 Å². The number of anilines is 1. The topological polar surface area (TPSA) is 84.0 Å². The van der Waals surface area contributed by atoms with E-state index < -0.39 is 10.0 Å². The molecule has 1 heterocycles. The number of sulfonamides is 1. The average Bonchev–Trinajstić information content (AvgIpc) is 2.42. The van der Waals surface area contributed by atoms with Crippen LogP contribution in [-0.2, 0) is 16.6 Å². The van der Waals surface area contributed by atoms with Crippen LogP contribution >= 0.6 is 0 Å². The van der Waals surface area contributed by atoms with Crippen LogP contribution in [0.4, 0.5) is 5.69 Å². The summed E-state index contributed by atoms with van der Waals surface area (Å²) >= 11 is 0. The molecule has 0 bridgehead atoms. The van der Waals surface area contributed by atoms with Crippen molar-refractivity contribution < 1.29 is 8.42 Å². The predicted molar refractivity (Wildman–Crippen MR) is 76.8 cm³/mol. The molecule has 0 aliphatic carbocycles. The van der Waals surface area contributed by atoms with E-state index in [1.165, 1.54) is 18.7 Å². The highest BCUT2D eigenvalue weighted by atomic mass is 32.2. The Balaban J connectivity index is 2.32. The Morgan fingerprint density at radius 2 is 1.90 bits per heavy atom. The normalized spacial score (nSPS) is 11.3. The predicted octanol–water partition coefficient (Wildman–Crippen LogP) is 1.31. The summed E-state index contributed by atoms with van der Waals surface area (Å²) in [6, 6.07) is 5.04. The molecular weight excluding hydrogens is 276 g/mol. The van der Waals surface area contributed by atoms with Crippen molar-refractivity contribution in [2.24, 2.45) is 0 Å². The zero-order valence-corrected chi connectivity index (χ0v) is 12.1. The number of hydrogen-bond donors (Lipinski definition) is 2. The molecule has 0 atom stereocenters. The van der Waals surface area contributed by atoms with E-state index >= 15 is 0 Å². The third kappa shape index (κ3) is 3.31. The first-order valence-electron chi connectivity index (χ1n) is 6.05. The van der Waals surface area contributed by atoms with Crippen molar-refractivity contribution in [1.82, 2.24) is 15.3 Å². The number of hydrogen-bond acceptors (Lipinski definition) is 5. The number of rotatable bonds is 5. The lowest BCUT2D eigenvalue weighted by Crippen LogP contribution is -2.15. The standard InChI is InChI=1S/C13H16N4O2S/c1-10-3-4-13(5-11(10)6-14-2)20(18,19)17-12-7-15-9-16-8-12/h3-5,7-9,14,17H,6H2,1-2H3. The molecule has 2 aromatic rings. The van der Waals surface area contributed by atoms with Gasteiger partial charge in [-0.3, -0.25) is 4.72 Å². The molecule has 1 aromatic heterocycles. The van der Waals surface area contributed by atoms with Gasteiger partial charge in [0, 0.05) is 6.54 Å². The van der Waals surface area contributed by atoms with Crippen LogP contribution in [0, 0.1) is 6.92 Å². The number of aromatic nitrogens is 2. The van der Waals surface area contributed by atoms with E-state index in [4.69, 9.17) is 0 Å². The van der Waals surface area contributed by atoms with E-state index in [0.29, 0.717) is 12.2 Å². The maximum Gasteiger partial charge on any atom is 0.262 e. The third-order valence-corrected chi connectivity index (χ3v) is 4.19. The second-order valence-corrected chi connectivity index (χ2v) is 6.03. The zero-order valence-electron chi connectivity index (χ0n) is 11.3. The van der Waals surface area contributed by atoms with Crippen LogP contribution in [0.5, 0.6) is 0 Å². The molecule has 6 nitrogen and oxygen atoms in total. The molecule has 0 aliphatic rings. The van der Waals surface area contributed by atoms with Crippen molar-refractivity contribution in [2.45, 2.75) is 18.4 Å². The first-order valence-corrected chi connectivity index (χ1v) is 7.53. The second kappa shape index (κ2) is 5.98. The van der Waals surface area contributed by atoms with Crippen LogP contribution in [-0.4, -0.2) is 25.4 Å². The number of nitrogens with one attached hydrogen (secondary N) is 2. The molecular formula is C13H16N4O2S. The third-order valence-electron chi connectivity index (χ3n) is 2.81. The molecule has 2 rings (SSSR count). The first kappa shape index (κ1) is 14.4. The van der Waals surface area contributed by atoms with Crippen LogP contribution in [0.3, 0.4) is 0 Å².